The molecule has 1 amide bonds. The van der Waals surface area contributed by atoms with Gasteiger partial charge in [-0.1, -0.05) is 12.1 Å². The summed E-state index contributed by atoms with van der Waals surface area (Å²) in [7, 11) is 0. The van der Waals surface area contributed by atoms with E-state index in [2.05, 4.69) is 20.4 Å². The third-order valence-corrected chi connectivity index (χ3v) is 4.29. The van der Waals surface area contributed by atoms with Crippen molar-refractivity contribution < 1.29 is 9.18 Å². The second kappa shape index (κ2) is 6.64. The second-order valence-corrected chi connectivity index (χ2v) is 6.04. The lowest BCUT2D eigenvalue weighted by Crippen LogP contribution is -2.32. The zero-order valence-electron chi connectivity index (χ0n) is 14.5. The van der Waals surface area contributed by atoms with Crippen LogP contribution in [-0.4, -0.2) is 25.7 Å². The number of rotatable bonds is 4. The van der Waals surface area contributed by atoms with Crippen LogP contribution in [-0.2, 0) is 13.1 Å². The molecule has 136 valence electrons. The fraction of sp³-hybridized carbons (Fsp3) is 0.158. The van der Waals surface area contributed by atoms with E-state index in [0.717, 1.165) is 17.1 Å². The zero-order chi connectivity index (χ0) is 19.0. The van der Waals surface area contributed by atoms with E-state index in [1.807, 2.05) is 31.2 Å². The first kappa shape index (κ1) is 16.9. The molecule has 27 heavy (non-hydrogen) atoms. The molecule has 7 nitrogen and oxygen atoms in total. The first-order valence-corrected chi connectivity index (χ1v) is 8.49. The van der Waals surface area contributed by atoms with Gasteiger partial charge in [-0.05, 0) is 37.3 Å². The lowest BCUT2D eigenvalue weighted by Gasteiger charge is -2.10. The van der Waals surface area contributed by atoms with Crippen LogP contribution in [0.4, 0.5) is 4.39 Å². The Labute approximate surface area is 152 Å². The molecule has 0 saturated carbocycles. The van der Waals surface area contributed by atoms with Gasteiger partial charge in [0.25, 0.3) is 5.91 Å². The Kier molecular flexibility index (Phi) is 4.15. The number of para-hydroxylation sites is 2. The fourth-order valence-electron chi connectivity index (χ4n) is 2.99. The van der Waals surface area contributed by atoms with Gasteiger partial charge in [-0.2, -0.15) is 5.10 Å². The summed E-state index contributed by atoms with van der Waals surface area (Å²) < 4.78 is 15.1. The molecule has 8 heteroatoms. The average molecular weight is 365 g/mol. The van der Waals surface area contributed by atoms with Crippen LogP contribution in [0.2, 0.25) is 0 Å². The largest absolute Gasteiger partial charge is 0.343 e. The third-order valence-electron chi connectivity index (χ3n) is 4.29. The molecule has 0 aliphatic carbocycles. The molecule has 4 aromatic rings. The number of aromatic nitrogens is 4. The molecule has 0 bridgehead atoms. The van der Waals surface area contributed by atoms with Crippen molar-refractivity contribution in [3.05, 3.63) is 70.0 Å². The number of hydrogen-bond acceptors (Lipinski definition) is 4. The Morgan fingerprint density at radius 2 is 2.07 bits per heavy atom. The zero-order valence-corrected chi connectivity index (χ0v) is 14.5. The van der Waals surface area contributed by atoms with Gasteiger partial charge in [-0.3, -0.25) is 14.3 Å². The summed E-state index contributed by atoms with van der Waals surface area (Å²) in [6, 6.07) is 11.4. The maximum Gasteiger partial charge on any atom is 0.276 e. The molecule has 2 aromatic heterocycles. The molecule has 0 atom stereocenters. The lowest BCUT2D eigenvalue weighted by atomic mass is 10.2. The Morgan fingerprint density at radius 3 is 2.85 bits per heavy atom. The standard InChI is InChI=1S/C19H16FN5O2/c1-2-25-15-8-7-11(20)9-12(15)18(26)17(24-25)19(27)21-10-16-22-13-5-3-4-6-14(13)23-16/h3-9H,2,10H2,1H3,(H,21,27)(H,22,23). The number of hydrogen-bond donors (Lipinski definition) is 2. The topological polar surface area (TPSA) is 92.7 Å². The number of fused-ring (bicyclic) bond motifs is 2. The molecular formula is C19H16FN5O2. The number of imidazole rings is 1. The minimum absolute atomic E-state index is 0.113. The Bertz CT molecular complexity index is 1190. The van der Waals surface area contributed by atoms with Gasteiger partial charge in [-0.15, -0.1) is 0 Å². The van der Waals surface area contributed by atoms with Crippen molar-refractivity contribution in [2.45, 2.75) is 20.0 Å². The van der Waals surface area contributed by atoms with Crippen LogP contribution >= 0.6 is 0 Å². The predicted molar refractivity (Wildman–Crippen MR) is 98.9 cm³/mol. The number of carbonyl (C=O) groups is 1. The summed E-state index contributed by atoms with van der Waals surface area (Å²) in [5.41, 5.74) is 1.25. The van der Waals surface area contributed by atoms with E-state index in [9.17, 15) is 14.0 Å². The van der Waals surface area contributed by atoms with E-state index in [-0.39, 0.29) is 17.6 Å². The van der Waals surface area contributed by atoms with Crippen LogP contribution in [0, 0.1) is 5.82 Å². The van der Waals surface area contributed by atoms with Crippen LogP contribution in [0.3, 0.4) is 0 Å². The Hall–Kier alpha value is -3.55. The van der Waals surface area contributed by atoms with Crippen LogP contribution in [0.5, 0.6) is 0 Å². The molecular weight excluding hydrogens is 349 g/mol. The minimum Gasteiger partial charge on any atom is -0.343 e. The maximum absolute atomic E-state index is 13.6. The molecule has 2 aromatic carbocycles. The number of carbonyl (C=O) groups excluding carboxylic acids is 1. The number of H-pyrrole nitrogens is 1. The van der Waals surface area contributed by atoms with Crippen LogP contribution in [0.25, 0.3) is 21.9 Å². The molecule has 0 aliphatic rings. The summed E-state index contributed by atoms with van der Waals surface area (Å²) in [5.74, 6) is -0.608. The maximum atomic E-state index is 13.6. The monoisotopic (exact) mass is 365 g/mol. The van der Waals surface area contributed by atoms with E-state index in [4.69, 9.17) is 0 Å². The van der Waals surface area contributed by atoms with Gasteiger partial charge in [0, 0.05) is 6.54 Å². The number of aromatic amines is 1. The highest BCUT2D eigenvalue weighted by molar-refractivity contribution is 5.95. The Morgan fingerprint density at radius 1 is 1.26 bits per heavy atom. The second-order valence-electron chi connectivity index (χ2n) is 6.04. The van der Waals surface area contributed by atoms with Gasteiger partial charge in [-0.25, -0.2) is 9.37 Å². The van der Waals surface area contributed by atoms with Crippen molar-refractivity contribution in [1.29, 1.82) is 0 Å². The van der Waals surface area contributed by atoms with Crippen molar-refractivity contribution in [2.24, 2.45) is 0 Å². The summed E-state index contributed by atoms with van der Waals surface area (Å²) >= 11 is 0. The average Bonchev–Trinajstić information content (AvgIpc) is 3.10. The third kappa shape index (κ3) is 3.05. The number of aryl methyl sites for hydroxylation is 1. The number of nitrogens with zero attached hydrogens (tertiary/aromatic N) is 3. The highest BCUT2D eigenvalue weighted by Crippen LogP contribution is 2.13. The quantitative estimate of drug-likeness (QED) is 0.581. The molecule has 2 N–H and O–H groups in total. The van der Waals surface area contributed by atoms with Crippen molar-refractivity contribution in [1.82, 2.24) is 25.1 Å². The smallest absolute Gasteiger partial charge is 0.276 e. The molecule has 4 rings (SSSR count). The number of nitrogens with one attached hydrogen (secondary N) is 2. The summed E-state index contributed by atoms with van der Waals surface area (Å²) in [6.07, 6.45) is 0. The molecule has 0 unspecified atom stereocenters. The summed E-state index contributed by atoms with van der Waals surface area (Å²) in [4.78, 5) is 32.6. The Balaban J connectivity index is 1.65. The van der Waals surface area contributed by atoms with Gasteiger partial charge in [0.15, 0.2) is 5.69 Å². The molecule has 0 aliphatic heterocycles. The number of halogens is 1. The minimum atomic E-state index is -0.631. The summed E-state index contributed by atoms with van der Waals surface area (Å²) in [6.45, 7) is 2.38. The van der Waals surface area contributed by atoms with Crippen LogP contribution < -0.4 is 10.7 Å². The van der Waals surface area contributed by atoms with Gasteiger partial charge in [0.05, 0.1) is 28.5 Å². The van der Waals surface area contributed by atoms with Crippen molar-refractivity contribution in [3.63, 3.8) is 0 Å². The summed E-state index contributed by atoms with van der Waals surface area (Å²) in [5, 5.41) is 6.91. The SMILES string of the molecule is CCn1nc(C(=O)NCc2nc3ccccc3[nH]2)c(=O)c2cc(F)ccc21. The molecule has 0 radical (unpaired) electrons. The number of benzene rings is 2. The molecule has 0 fully saturated rings. The molecule has 0 spiro atoms. The van der Waals surface area contributed by atoms with E-state index < -0.39 is 17.2 Å². The van der Waals surface area contributed by atoms with Crippen molar-refractivity contribution in [3.8, 4) is 0 Å². The van der Waals surface area contributed by atoms with Gasteiger partial charge in [0.2, 0.25) is 5.43 Å². The van der Waals surface area contributed by atoms with Gasteiger partial charge >= 0.3 is 0 Å². The highest BCUT2D eigenvalue weighted by Gasteiger charge is 2.18. The van der Waals surface area contributed by atoms with E-state index in [0.29, 0.717) is 17.9 Å². The number of amides is 1. The predicted octanol–water partition coefficient (Wildman–Crippen LogP) is 2.36. The first-order chi connectivity index (χ1) is 13.1. The molecule has 0 saturated heterocycles. The first-order valence-electron chi connectivity index (χ1n) is 8.49. The lowest BCUT2D eigenvalue weighted by molar-refractivity contribution is 0.0942. The molecule has 2 heterocycles. The van der Waals surface area contributed by atoms with E-state index >= 15 is 0 Å². The van der Waals surface area contributed by atoms with Gasteiger partial charge in [0.1, 0.15) is 11.6 Å². The van der Waals surface area contributed by atoms with Gasteiger partial charge < -0.3 is 10.3 Å². The van der Waals surface area contributed by atoms with Crippen LogP contribution in [0.1, 0.15) is 23.2 Å². The van der Waals surface area contributed by atoms with Crippen molar-refractivity contribution >= 4 is 27.8 Å². The fourth-order valence-corrected chi connectivity index (χ4v) is 2.99. The van der Waals surface area contributed by atoms with E-state index in [1.54, 1.807) is 0 Å². The van der Waals surface area contributed by atoms with Crippen molar-refractivity contribution in [2.75, 3.05) is 0 Å². The van der Waals surface area contributed by atoms with E-state index in [1.165, 1.54) is 16.8 Å². The normalized spacial score (nSPS) is 11.2. The van der Waals surface area contributed by atoms with Crippen LogP contribution in [0.15, 0.2) is 47.3 Å². The highest BCUT2D eigenvalue weighted by atomic mass is 19.1.